The Morgan fingerprint density at radius 1 is 1.33 bits per heavy atom. The lowest BCUT2D eigenvalue weighted by molar-refractivity contribution is 0.0592. The molecule has 0 saturated heterocycles. The lowest BCUT2D eigenvalue weighted by atomic mass is 10.2. The van der Waals surface area contributed by atoms with E-state index in [4.69, 9.17) is 10.5 Å². The average Bonchev–Trinajstić information content (AvgIpc) is 2.91. The van der Waals surface area contributed by atoms with Gasteiger partial charge in [-0.3, -0.25) is 0 Å². The SMILES string of the molecule is COC(=O)c1nnn(CCOc2ccccc2)c1CCN. The molecule has 2 aromatic rings. The summed E-state index contributed by atoms with van der Waals surface area (Å²) >= 11 is 0. The van der Waals surface area contributed by atoms with Crippen LogP contribution in [-0.4, -0.2) is 41.2 Å². The number of ether oxygens (including phenoxy) is 2. The Morgan fingerprint density at radius 3 is 2.76 bits per heavy atom. The lowest BCUT2D eigenvalue weighted by Gasteiger charge is -2.08. The summed E-state index contributed by atoms with van der Waals surface area (Å²) in [6.45, 7) is 1.30. The van der Waals surface area contributed by atoms with Gasteiger partial charge in [-0.05, 0) is 18.7 Å². The number of carbonyl (C=O) groups is 1. The van der Waals surface area contributed by atoms with Crippen LogP contribution in [0.2, 0.25) is 0 Å². The fourth-order valence-electron chi connectivity index (χ4n) is 1.92. The van der Waals surface area contributed by atoms with E-state index in [0.29, 0.717) is 31.8 Å². The normalized spacial score (nSPS) is 10.4. The molecule has 0 radical (unpaired) electrons. The zero-order valence-electron chi connectivity index (χ0n) is 11.9. The van der Waals surface area contributed by atoms with E-state index in [2.05, 4.69) is 15.0 Å². The summed E-state index contributed by atoms with van der Waals surface area (Å²) in [7, 11) is 1.31. The van der Waals surface area contributed by atoms with E-state index in [1.165, 1.54) is 7.11 Å². The first kappa shape index (κ1) is 15.0. The van der Waals surface area contributed by atoms with Crippen LogP contribution in [0.3, 0.4) is 0 Å². The number of benzene rings is 1. The van der Waals surface area contributed by atoms with Gasteiger partial charge in [0.1, 0.15) is 12.4 Å². The summed E-state index contributed by atoms with van der Waals surface area (Å²) in [5.41, 5.74) is 6.44. The van der Waals surface area contributed by atoms with Crippen molar-refractivity contribution in [1.82, 2.24) is 15.0 Å². The molecule has 0 aliphatic rings. The number of para-hydroxylation sites is 1. The van der Waals surface area contributed by atoms with Crippen LogP contribution in [0.4, 0.5) is 0 Å². The number of carbonyl (C=O) groups excluding carboxylic acids is 1. The molecular formula is C14H18N4O3. The molecule has 0 spiro atoms. The van der Waals surface area contributed by atoms with Crippen molar-refractivity contribution >= 4 is 5.97 Å². The monoisotopic (exact) mass is 290 g/mol. The molecule has 1 heterocycles. The van der Waals surface area contributed by atoms with Crippen molar-refractivity contribution < 1.29 is 14.3 Å². The van der Waals surface area contributed by atoms with Crippen LogP contribution in [0.5, 0.6) is 5.75 Å². The predicted octanol–water partition coefficient (Wildman–Crippen LogP) is 0.645. The maximum absolute atomic E-state index is 11.6. The summed E-state index contributed by atoms with van der Waals surface area (Å²) < 4.78 is 11.9. The molecule has 0 aliphatic heterocycles. The van der Waals surface area contributed by atoms with Gasteiger partial charge in [0.2, 0.25) is 0 Å². The zero-order chi connectivity index (χ0) is 15.1. The van der Waals surface area contributed by atoms with Gasteiger partial charge in [0.05, 0.1) is 19.3 Å². The largest absolute Gasteiger partial charge is 0.492 e. The fraction of sp³-hybridized carbons (Fsp3) is 0.357. The molecule has 7 heteroatoms. The fourth-order valence-corrected chi connectivity index (χ4v) is 1.92. The Balaban J connectivity index is 2.02. The van der Waals surface area contributed by atoms with Crippen LogP contribution in [0.1, 0.15) is 16.2 Å². The summed E-state index contributed by atoms with van der Waals surface area (Å²) in [4.78, 5) is 11.6. The minimum atomic E-state index is -0.506. The average molecular weight is 290 g/mol. The van der Waals surface area contributed by atoms with Crippen molar-refractivity contribution in [3.8, 4) is 5.75 Å². The van der Waals surface area contributed by atoms with Crippen LogP contribution in [0.15, 0.2) is 30.3 Å². The number of nitrogens with two attached hydrogens (primary N) is 1. The van der Waals surface area contributed by atoms with E-state index in [-0.39, 0.29) is 5.69 Å². The van der Waals surface area contributed by atoms with Crippen LogP contribution in [0.25, 0.3) is 0 Å². The molecular weight excluding hydrogens is 272 g/mol. The van der Waals surface area contributed by atoms with Gasteiger partial charge in [-0.1, -0.05) is 23.4 Å². The first-order valence-electron chi connectivity index (χ1n) is 6.65. The number of rotatable bonds is 7. The van der Waals surface area contributed by atoms with Gasteiger partial charge in [0, 0.05) is 6.42 Å². The van der Waals surface area contributed by atoms with Gasteiger partial charge in [-0.25, -0.2) is 9.48 Å². The molecule has 112 valence electrons. The Morgan fingerprint density at radius 2 is 2.10 bits per heavy atom. The molecule has 0 bridgehead atoms. The highest BCUT2D eigenvalue weighted by molar-refractivity contribution is 5.88. The van der Waals surface area contributed by atoms with Crippen molar-refractivity contribution in [2.75, 3.05) is 20.3 Å². The highest BCUT2D eigenvalue weighted by Crippen LogP contribution is 2.10. The Labute approximate surface area is 122 Å². The molecule has 21 heavy (non-hydrogen) atoms. The second-order valence-electron chi connectivity index (χ2n) is 4.30. The molecule has 0 saturated carbocycles. The van der Waals surface area contributed by atoms with Gasteiger partial charge < -0.3 is 15.2 Å². The molecule has 1 aromatic heterocycles. The van der Waals surface area contributed by atoms with Gasteiger partial charge in [0.15, 0.2) is 5.69 Å². The van der Waals surface area contributed by atoms with Gasteiger partial charge in [-0.2, -0.15) is 0 Å². The molecule has 0 fully saturated rings. The molecule has 7 nitrogen and oxygen atoms in total. The predicted molar refractivity (Wildman–Crippen MR) is 76.1 cm³/mol. The van der Waals surface area contributed by atoms with Crippen LogP contribution < -0.4 is 10.5 Å². The Kier molecular flexibility index (Phi) is 5.28. The Hall–Kier alpha value is -2.41. The molecule has 0 unspecified atom stereocenters. The van der Waals surface area contributed by atoms with Crippen LogP contribution in [-0.2, 0) is 17.7 Å². The highest BCUT2D eigenvalue weighted by Gasteiger charge is 2.19. The third-order valence-corrected chi connectivity index (χ3v) is 2.91. The topological polar surface area (TPSA) is 92.3 Å². The van der Waals surface area contributed by atoms with Gasteiger partial charge in [0.25, 0.3) is 0 Å². The van der Waals surface area contributed by atoms with E-state index in [9.17, 15) is 4.79 Å². The molecule has 2 N–H and O–H groups in total. The minimum Gasteiger partial charge on any atom is -0.492 e. The van der Waals surface area contributed by atoms with Crippen molar-refractivity contribution in [3.05, 3.63) is 41.7 Å². The summed E-state index contributed by atoms with van der Waals surface area (Å²) in [5.74, 6) is 0.278. The van der Waals surface area contributed by atoms with E-state index < -0.39 is 5.97 Å². The lowest BCUT2D eigenvalue weighted by Crippen LogP contribution is -2.17. The van der Waals surface area contributed by atoms with Crippen molar-refractivity contribution in [2.45, 2.75) is 13.0 Å². The quantitative estimate of drug-likeness (QED) is 0.752. The van der Waals surface area contributed by atoms with E-state index in [1.807, 2.05) is 30.3 Å². The van der Waals surface area contributed by atoms with E-state index >= 15 is 0 Å². The third-order valence-electron chi connectivity index (χ3n) is 2.91. The number of hydrogen-bond donors (Lipinski definition) is 1. The van der Waals surface area contributed by atoms with Crippen molar-refractivity contribution in [3.63, 3.8) is 0 Å². The summed E-state index contributed by atoms with van der Waals surface area (Å²) in [5, 5.41) is 7.82. The van der Waals surface area contributed by atoms with Gasteiger partial charge >= 0.3 is 5.97 Å². The molecule has 0 aliphatic carbocycles. The standard InChI is InChI=1S/C14H18N4O3/c1-20-14(19)13-12(7-8-15)18(17-16-13)9-10-21-11-5-3-2-4-6-11/h2-6H,7-10,15H2,1H3. The van der Waals surface area contributed by atoms with E-state index in [1.54, 1.807) is 4.68 Å². The first-order valence-corrected chi connectivity index (χ1v) is 6.65. The maximum Gasteiger partial charge on any atom is 0.360 e. The molecule has 0 amide bonds. The summed E-state index contributed by atoms with van der Waals surface area (Å²) in [6, 6.07) is 9.48. The molecule has 2 rings (SSSR count). The second kappa shape index (κ2) is 7.39. The molecule has 1 aromatic carbocycles. The highest BCUT2D eigenvalue weighted by atomic mass is 16.5. The maximum atomic E-state index is 11.6. The smallest absolute Gasteiger partial charge is 0.360 e. The van der Waals surface area contributed by atoms with Crippen LogP contribution in [0, 0.1) is 0 Å². The van der Waals surface area contributed by atoms with Gasteiger partial charge in [-0.15, -0.1) is 5.10 Å². The number of aromatic nitrogens is 3. The number of methoxy groups -OCH3 is 1. The number of esters is 1. The number of hydrogen-bond acceptors (Lipinski definition) is 6. The van der Waals surface area contributed by atoms with Crippen molar-refractivity contribution in [2.24, 2.45) is 5.73 Å². The first-order chi connectivity index (χ1) is 10.3. The number of nitrogens with zero attached hydrogens (tertiary/aromatic N) is 3. The molecule has 0 atom stereocenters. The Bertz CT molecular complexity index is 583. The zero-order valence-corrected chi connectivity index (χ0v) is 11.9. The van der Waals surface area contributed by atoms with E-state index in [0.717, 1.165) is 5.75 Å². The second-order valence-corrected chi connectivity index (χ2v) is 4.30. The summed E-state index contributed by atoms with van der Waals surface area (Å²) in [6.07, 6.45) is 0.503. The van der Waals surface area contributed by atoms with Crippen molar-refractivity contribution in [1.29, 1.82) is 0 Å². The minimum absolute atomic E-state index is 0.211. The van der Waals surface area contributed by atoms with Crippen LogP contribution >= 0.6 is 0 Å². The third kappa shape index (κ3) is 3.79.